The number of hydrogen-bond donors (Lipinski definition) is 1. The van der Waals surface area contributed by atoms with E-state index in [-0.39, 0.29) is 4.90 Å². The fourth-order valence-corrected chi connectivity index (χ4v) is 2.82. The van der Waals surface area contributed by atoms with Crippen LogP contribution in [0.5, 0.6) is 0 Å². The average molecular weight is 317 g/mol. The van der Waals surface area contributed by atoms with Gasteiger partial charge in [0.25, 0.3) is 10.0 Å². The molecule has 1 N–H and O–H groups in total. The zero-order valence-corrected chi connectivity index (χ0v) is 12.8. The number of amides is 1. The molecule has 0 bridgehead atoms. The van der Waals surface area contributed by atoms with Crippen molar-refractivity contribution < 1.29 is 18.0 Å². The van der Waals surface area contributed by atoms with Crippen LogP contribution in [0.3, 0.4) is 0 Å². The van der Waals surface area contributed by atoms with E-state index in [0.29, 0.717) is 5.56 Å². The van der Waals surface area contributed by atoms with Crippen LogP contribution in [0.25, 0.3) is 0 Å². The number of carbonyl (C=O) groups is 2. The molecule has 0 aliphatic carbocycles. The van der Waals surface area contributed by atoms with Gasteiger partial charge in [-0.15, -0.1) is 0 Å². The van der Waals surface area contributed by atoms with Crippen LogP contribution in [0.1, 0.15) is 22.3 Å². The van der Waals surface area contributed by atoms with Crippen LogP contribution in [-0.2, 0) is 14.8 Å². The number of sulfonamides is 1. The van der Waals surface area contributed by atoms with Gasteiger partial charge in [-0.1, -0.05) is 48.0 Å². The highest BCUT2D eigenvalue weighted by Gasteiger charge is 2.19. The standard InChI is InChI=1S/C16H15NO4S/c1-12-7-9-14(10-8-12)22(20,21)17-16(19)11-15(18)13-5-3-2-4-6-13/h2-10H,11H2,1H3,(H,17,19). The minimum absolute atomic E-state index is 0.0152. The second kappa shape index (κ2) is 6.53. The monoisotopic (exact) mass is 317 g/mol. The topological polar surface area (TPSA) is 80.3 Å². The second-order valence-corrected chi connectivity index (χ2v) is 6.49. The van der Waals surface area contributed by atoms with Gasteiger partial charge in [0, 0.05) is 5.56 Å². The van der Waals surface area contributed by atoms with Crippen LogP contribution in [0.2, 0.25) is 0 Å². The number of rotatable bonds is 5. The van der Waals surface area contributed by atoms with E-state index in [1.807, 2.05) is 11.6 Å². The van der Waals surface area contributed by atoms with E-state index >= 15 is 0 Å². The number of benzene rings is 2. The molecule has 5 nitrogen and oxygen atoms in total. The summed E-state index contributed by atoms with van der Waals surface area (Å²) >= 11 is 0. The predicted molar refractivity (Wildman–Crippen MR) is 81.9 cm³/mol. The fraction of sp³-hybridized carbons (Fsp3) is 0.125. The van der Waals surface area contributed by atoms with E-state index in [0.717, 1.165) is 5.56 Å². The minimum Gasteiger partial charge on any atom is -0.294 e. The molecule has 0 atom stereocenters. The summed E-state index contributed by atoms with van der Waals surface area (Å²) in [5.74, 6) is -1.29. The van der Waals surface area contributed by atoms with Crippen molar-refractivity contribution in [1.29, 1.82) is 0 Å². The fourth-order valence-electron chi connectivity index (χ4n) is 1.83. The number of nitrogens with one attached hydrogen (secondary N) is 1. The highest BCUT2D eigenvalue weighted by Crippen LogP contribution is 2.10. The Morgan fingerprint density at radius 3 is 2.14 bits per heavy atom. The van der Waals surface area contributed by atoms with Gasteiger partial charge in [0.05, 0.1) is 11.3 Å². The molecule has 0 aromatic heterocycles. The van der Waals surface area contributed by atoms with Crippen LogP contribution in [0.15, 0.2) is 59.5 Å². The van der Waals surface area contributed by atoms with Crippen molar-refractivity contribution in [3.05, 3.63) is 65.7 Å². The highest BCUT2D eigenvalue weighted by atomic mass is 32.2. The van der Waals surface area contributed by atoms with E-state index in [9.17, 15) is 18.0 Å². The Morgan fingerprint density at radius 2 is 1.55 bits per heavy atom. The molecule has 2 rings (SSSR count). The zero-order valence-electron chi connectivity index (χ0n) is 11.9. The molecule has 0 aliphatic heterocycles. The molecule has 0 fully saturated rings. The molecule has 0 unspecified atom stereocenters. The Kier molecular flexibility index (Phi) is 4.72. The summed E-state index contributed by atoms with van der Waals surface area (Å²) in [5, 5.41) is 0. The molecule has 0 heterocycles. The SMILES string of the molecule is Cc1ccc(S(=O)(=O)NC(=O)CC(=O)c2ccccc2)cc1. The number of aryl methyl sites for hydroxylation is 1. The first kappa shape index (κ1) is 15.9. The first-order valence-electron chi connectivity index (χ1n) is 6.59. The van der Waals surface area contributed by atoms with Gasteiger partial charge in [-0.3, -0.25) is 9.59 Å². The number of carbonyl (C=O) groups excluding carboxylic acids is 2. The number of ketones is 1. The normalized spacial score (nSPS) is 11.0. The summed E-state index contributed by atoms with van der Waals surface area (Å²) in [5.41, 5.74) is 1.27. The smallest absolute Gasteiger partial charge is 0.264 e. The van der Waals surface area contributed by atoms with E-state index in [1.54, 1.807) is 42.5 Å². The largest absolute Gasteiger partial charge is 0.294 e. The molecule has 2 aromatic carbocycles. The van der Waals surface area contributed by atoms with Gasteiger partial charge in [0.2, 0.25) is 5.91 Å². The molecule has 0 saturated heterocycles. The number of Topliss-reactive ketones (excluding diaryl/α,β-unsaturated/α-hetero) is 1. The molecule has 22 heavy (non-hydrogen) atoms. The summed E-state index contributed by atoms with van der Waals surface area (Å²) in [6.07, 6.45) is -0.519. The van der Waals surface area contributed by atoms with Gasteiger partial charge in [-0.25, -0.2) is 13.1 Å². The number of hydrogen-bond acceptors (Lipinski definition) is 4. The predicted octanol–water partition coefficient (Wildman–Crippen LogP) is 2.07. The summed E-state index contributed by atoms with van der Waals surface area (Å²) in [6, 6.07) is 14.3. The Morgan fingerprint density at radius 1 is 0.955 bits per heavy atom. The van der Waals surface area contributed by atoms with Crippen molar-refractivity contribution in [3.8, 4) is 0 Å². The maximum absolute atomic E-state index is 12.0. The van der Waals surface area contributed by atoms with Gasteiger partial charge in [-0.2, -0.15) is 0 Å². The van der Waals surface area contributed by atoms with Crippen molar-refractivity contribution in [2.24, 2.45) is 0 Å². The highest BCUT2D eigenvalue weighted by molar-refractivity contribution is 7.90. The minimum atomic E-state index is -3.96. The van der Waals surface area contributed by atoms with Crippen LogP contribution < -0.4 is 4.72 Å². The maximum Gasteiger partial charge on any atom is 0.264 e. The summed E-state index contributed by atoms with van der Waals surface area (Å²) in [7, 11) is -3.96. The van der Waals surface area contributed by atoms with E-state index in [4.69, 9.17) is 0 Å². The quantitative estimate of drug-likeness (QED) is 0.676. The van der Waals surface area contributed by atoms with Gasteiger partial charge in [-0.05, 0) is 19.1 Å². The molecular formula is C16H15NO4S. The summed E-state index contributed by atoms with van der Waals surface area (Å²) in [6.45, 7) is 1.83. The summed E-state index contributed by atoms with van der Waals surface area (Å²) in [4.78, 5) is 23.6. The first-order valence-corrected chi connectivity index (χ1v) is 8.07. The van der Waals surface area contributed by atoms with Crippen molar-refractivity contribution in [2.45, 2.75) is 18.2 Å². The molecule has 0 aliphatic rings. The van der Waals surface area contributed by atoms with Crippen molar-refractivity contribution >= 4 is 21.7 Å². The second-order valence-electron chi connectivity index (χ2n) is 4.81. The zero-order chi connectivity index (χ0) is 16.2. The molecule has 0 radical (unpaired) electrons. The third-order valence-electron chi connectivity index (χ3n) is 3.00. The van der Waals surface area contributed by atoms with Crippen LogP contribution in [0.4, 0.5) is 0 Å². The van der Waals surface area contributed by atoms with Crippen molar-refractivity contribution in [3.63, 3.8) is 0 Å². The third kappa shape index (κ3) is 4.02. The average Bonchev–Trinajstić information content (AvgIpc) is 2.48. The van der Waals surface area contributed by atoms with Gasteiger partial charge >= 0.3 is 0 Å². The van der Waals surface area contributed by atoms with E-state index < -0.39 is 28.1 Å². The Hall–Kier alpha value is -2.47. The van der Waals surface area contributed by atoms with Crippen molar-refractivity contribution in [1.82, 2.24) is 4.72 Å². The van der Waals surface area contributed by atoms with Crippen LogP contribution in [0, 0.1) is 6.92 Å². The van der Waals surface area contributed by atoms with Gasteiger partial charge < -0.3 is 0 Å². The van der Waals surface area contributed by atoms with Crippen LogP contribution in [-0.4, -0.2) is 20.1 Å². The lowest BCUT2D eigenvalue weighted by Crippen LogP contribution is -2.32. The first-order chi connectivity index (χ1) is 10.4. The van der Waals surface area contributed by atoms with Crippen LogP contribution >= 0.6 is 0 Å². The summed E-state index contributed by atoms with van der Waals surface area (Å²) < 4.78 is 26.0. The molecule has 0 saturated carbocycles. The van der Waals surface area contributed by atoms with Crippen molar-refractivity contribution in [2.75, 3.05) is 0 Å². The van der Waals surface area contributed by atoms with Gasteiger partial charge in [0.15, 0.2) is 5.78 Å². The molecule has 0 spiro atoms. The molecule has 1 amide bonds. The lowest BCUT2D eigenvalue weighted by molar-refractivity contribution is -0.118. The molecular weight excluding hydrogens is 302 g/mol. The van der Waals surface area contributed by atoms with E-state index in [2.05, 4.69) is 0 Å². The Bertz CT molecular complexity index is 781. The lowest BCUT2D eigenvalue weighted by Gasteiger charge is -2.07. The van der Waals surface area contributed by atoms with E-state index in [1.165, 1.54) is 12.1 Å². The molecule has 2 aromatic rings. The Labute approximate surface area is 129 Å². The lowest BCUT2D eigenvalue weighted by atomic mass is 10.1. The molecule has 114 valence electrons. The molecule has 6 heteroatoms. The maximum atomic E-state index is 12.0. The van der Waals surface area contributed by atoms with Gasteiger partial charge in [0.1, 0.15) is 0 Å². The third-order valence-corrected chi connectivity index (χ3v) is 4.39. The Balaban J connectivity index is 2.05.